The number of aromatic nitrogens is 2. The van der Waals surface area contributed by atoms with Gasteiger partial charge in [-0.3, -0.25) is 0 Å². The third-order valence-corrected chi connectivity index (χ3v) is 3.80. The van der Waals surface area contributed by atoms with E-state index in [1.165, 1.54) is 5.56 Å². The molecule has 5 nitrogen and oxygen atoms in total. The van der Waals surface area contributed by atoms with E-state index in [0.29, 0.717) is 11.7 Å². The van der Waals surface area contributed by atoms with Crippen molar-refractivity contribution in [3.05, 3.63) is 46.7 Å². The number of anilines is 2. The van der Waals surface area contributed by atoms with Crippen molar-refractivity contribution in [2.45, 2.75) is 25.3 Å². The molecule has 0 bridgehead atoms. The summed E-state index contributed by atoms with van der Waals surface area (Å²) in [7, 11) is 2.01. The fraction of sp³-hybridized carbons (Fsp3) is 0.333. The minimum Gasteiger partial charge on any atom is -0.355 e. The van der Waals surface area contributed by atoms with Gasteiger partial charge in [0.05, 0.1) is 0 Å². The third-order valence-electron chi connectivity index (χ3n) is 3.54. The zero-order valence-corrected chi connectivity index (χ0v) is 12.6. The zero-order chi connectivity index (χ0) is 14.8. The van der Waals surface area contributed by atoms with Crippen molar-refractivity contribution in [2.75, 3.05) is 17.4 Å². The molecule has 3 rings (SSSR count). The molecule has 0 radical (unpaired) electrons. The molecule has 1 aromatic carbocycles. The second-order valence-electron chi connectivity index (χ2n) is 5.37. The van der Waals surface area contributed by atoms with Crippen LogP contribution in [0.1, 0.15) is 30.1 Å². The van der Waals surface area contributed by atoms with Crippen LogP contribution in [-0.4, -0.2) is 17.0 Å². The number of halogens is 1. The van der Waals surface area contributed by atoms with Crippen molar-refractivity contribution in [2.24, 2.45) is 5.84 Å². The summed E-state index contributed by atoms with van der Waals surface area (Å²) < 4.78 is 0. The monoisotopic (exact) mass is 303 g/mol. The maximum Gasteiger partial charge on any atom is 0.145 e. The van der Waals surface area contributed by atoms with Gasteiger partial charge in [0.2, 0.25) is 0 Å². The number of nitrogen functional groups attached to an aromatic ring is 1. The summed E-state index contributed by atoms with van der Waals surface area (Å²) in [6, 6.07) is 9.69. The molecule has 0 atom stereocenters. The fourth-order valence-corrected chi connectivity index (χ4v) is 2.32. The molecule has 3 N–H and O–H groups in total. The van der Waals surface area contributed by atoms with E-state index in [0.717, 1.165) is 36.1 Å². The molecule has 0 amide bonds. The molecule has 2 aromatic rings. The SMILES string of the molecule is CN(Cc1ccc(Cl)cc1)c1cc(NN)nc(C2CC2)n1. The average molecular weight is 304 g/mol. The second-order valence-corrected chi connectivity index (χ2v) is 5.81. The molecule has 21 heavy (non-hydrogen) atoms. The molecule has 110 valence electrons. The van der Waals surface area contributed by atoms with Crippen LogP contribution in [0, 0.1) is 0 Å². The molecule has 1 aliphatic carbocycles. The maximum atomic E-state index is 5.91. The highest BCUT2D eigenvalue weighted by Gasteiger charge is 2.27. The largest absolute Gasteiger partial charge is 0.355 e. The number of hydrazine groups is 1. The molecular formula is C15H18ClN5. The summed E-state index contributed by atoms with van der Waals surface area (Å²) in [5.74, 6) is 8.40. The molecule has 0 spiro atoms. The Labute approximate surface area is 129 Å². The van der Waals surface area contributed by atoms with Crippen LogP contribution >= 0.6 is 11.6 Å². The Morgan fingerprint density at radius 3 is 2.62 bits per heavy atom. The molecule has 6 heteroatoms. The highest BCUT2D eigenvalue weighted by molar-refractivity contribution is 6.30. The lowest BCUT2D eigenvalue weighted by Gasteiger charge is -2.19. The number of benzene rings is 1. The highest BCUT2D eigenvalue weighted by Crippen LogP contribution is 2.39. The third kappa shape index (κ3) is 3.43. The topological polar surface area (TPSA) is 67.1 Å². The number of nitrogens with two attached hydrogens (primary N) is 1. The van der Waals surface area contributed by atoms with E-state index in [2.05, 4.69) is 20.3 Å². The first-order valence-corrected chi connectivity index (χ1v) is 7.34. The molecule has 0 aliphatic heterocycles. The summed E-state index contributed by atoms with van der Waals surface area (Å²) >= 11 is 5.91. The van der Waals surface area contributed by atoms with Gasteiger partial charge < -0.3 is 10.3 Å². The van der Waals surface area contributed by atoms with Crippen molar-refractivity contribution in [3.8, 4) is 0 Å². The van der Waals surface area contributed by atoms with E-state index in [1.807, 2.05) is 37.4 Å². The number of rotatable bonds is 5. The predicted molar refractivity (Wildman–Crippen MR) is 85.4 cm³/mol. The van der Waals surface area contributed by atoms with Crippen LogP contribution in [0.25, 0.3) is 0 Å². The summed E-state index contributed by atoms with van der Waals surface area (Å²) in [5, 5.41) is 0.745. The quantitative estimate of drug-likeness (QED) is 0.656. The van der Waals surface area contributed by atoms with Gasteiger partial charge in [0.1, 0.15) is 17.5 Å². The Hall–Kier alpha value is -1.85. The van der Waals surface area contributed by atoms with Crippen LogP contribution in [0.4, 0.5) is 11.6 Å². The predicted octanol–water partition coefficient (Wildman–Crippen LogP) is 2.93. The Balaban J connectivity index is 1.81. The first-order chi connectivity index (χ1) is 10.2. The summed E-state index contributed by atoms with van der Waals surface area (Å²) in [5.41, 5.74) is 3.80. The lowest BCUT2D eigenvalue weighted by atomic mass is 10.2. The molecule has 1 heterocycles. The van der Waals surface area contributed by atoms with Crippen LogP contribution < -0.4 is 16.2 Å². The molecule has 1 aliphatic rings. The summed E-state index contributed by atoms with van der Waals surface area (Å²) in [6.07, 6.45) is 2.32. The van der Waals surface area contributed by atoms with Gasteiger partial charge in [0.25, 0.3) is 0 Å². The van der Waals surface area contributed by atoms with E-state index in [-0.39, 0.29) is 0 Å². The molecule has 1 aromatic heterocycles. The van der Waals surface area contributed by atoms with E-state index in [4.69, 9.17) is 17.4 Å². The Kier molecular flexibility index (Phi) is 3.94. The molecule has 0 saturated heterocycles. The Bertz CT molecular complexity index is 624. The molecular weight excluding hydrogens is 286 g/mol. The van der Waals surface area contributed by atoms with E-state index in [1.54, 1.807) is 0 Å². The zero-order valence-electron chi connectivity index (χ0n) is 11.9. The molecule has 1 fully saturated rings. The standard InChI is InChI=1S/C15H18ClN5/c1-21(9-10-2-6-12(16)7-3-10)14-8-13(20-17)18-15(19-14)11-4-5-11/h2-3,6-8,11H,4-5,9,17H2,1H3,(H,18,19,20). The highest BCUT2D eigenvalue weighted by atomic mass is 35.5. The fourth-order valence-electron chi connectivity index (χ4n) is 2.19. The minimum atomic E-state index is 0.487. The van der Waals surface area contributed by atoms with Crippen molar-refractivity contribution < 1.29 is 0 Å². The lowest BCUT2D eigenvalue weighted by Crippen LogP contribution is -2.20. The van der Waals surface area contributed by atoms with Gasteiger partial charge in [0.15, 0.2) is 0 Å². The first kappa shape index (κ1) is 14.1. The van der Waals surface area contributed by atoms with Crippen LogP contribution in [-0.2, 0) is 6.54 Å². The average Bonchev–Trinajstić information content (AvgIpc) is 3.34. The van der Waals surface area contributed by atoms with Crippen molar-refractivity contribution in [1.82, 2.24) is 9.97 Å². The summed E-state index contributed by atoms with van der Waals surface area (Å²) in [4.78, 5) is 11.2. The van der Waals surface area contributed by atoms with Gasteiger partial charge in [-0.15, -0.1) is 0 Å². The van der Waals surface area contributed by atoms with Gasteiger partial charge in [0, 0.05) is 30.6 Å². The van der Waals surface area contributed by atoms with Gasteiger partial charge >= 0.3 is 0 Å². The molecule has 1 saturated carbocycles. The number of hydrogen-bond acceptors (Lipinski definition) is 5. The second kappa shape index (κ2) is 5.87. The minimum absolute atomic E-state index is 0.487. The maximum absolute atomic E-state index is 5.91. The normalized spacial score (nSPS) is 14.0. The van der Waals surface area contributed by atoms with Crippen LogP contribution in [0.5, 0.6) is 0 Å². The van der Waals surface area contributed by atoms with Crippen LogP contribution in [0.3, 0.4) is 0 Å². The van der Waals surface area contributed by atoms with Crippen molar-refractivity contribution in [1.29, 1.82) is 0 Å². The lowest BCUT2D eigenvalue weighted by molar-refractivity contribution is 0.854. The number of nitrogens with zero attached hydrogens (tertiary/aromatic N) is 3. The molecule has 0 unspecified atom stereocenters. The van der Waals surface area contributed by atoms with Gasteiger partial charge in [-0.1, -0.05) is 23.7 Å². The van der Waals surface area contributed by atoms with Crippen molar-refractivity contribution >= 4 is 23.2 Å². The van der Waals surface area contributed by atoms with Gasteiger partial charge in [-0.2, -0.15) is 0 Å². The van der Waals surface area contributed by atoms with Gasteiger partial charge in [-0.25, -0.2) is 15.8 Å². The van der Waals surface area contributed by atoms with E-state index in [9.17, 15) is 0 Å². The summed E-state index contributed by atoms with van der Waals surface area (Å²) in [6.45, 7) is 0.752. The Morgan fingerprint density at radius 2 is 2.00 bits per heavy atom. The smallest absolute Gasteiger partial charge is 0.145 e. The first-order valence-electron chi connectivity index (χ1n) is 6.97. The van der Waals surface area contributed by atoms with Crippen LogP contribution in [0.2, 0.25) is 5.02 Å². The van der Waals surface area contributed by atoms with E-state index < -0.39 is 0 Å². The van der Waals surface area contributed by atoms with Crippen LogP contribution in [0.15, 0.2) is 30.3 Å². The number of nitrogens with one attached hydrogen (secondary N) is 1. The number of hydrogen-bond donors (Lipinski definition) is 2. The van der Waals surface area contributed by atoms with Crippen molar-refractivity contribution in [3.63, 3.8) is 0 Å². The van der Waals surface area contributed by atoms with E-state index >= 15 is 0 Å². The van der Waals surface area contributed by atoms with Gasteiger partial charge in [-0.05, 0) is 30.5 Å². The Morgan fingerprint density at radius 1 is 1.29 bits per heavy atom.